The Morgan fingerprint density at radius 3 is 2.65 bits per heavy atom. The van der Waals surface area contributed by atoms with Crippen molar-refractivity contribution in [2.24, 2.45) is 0 Å². The molecule has 0 fully saturated rings. The summed E-state index contributed by atoms with van der Waals surface area (Å²) in [5, 5.41) is 3.26. The second-order valence-corrected chi connectivity index (χ2v) is 4.69. The molecule has 0 aromatic carbocycles. The molecule has 0 spiro atoms. The highest BCUT2D eigenvalue weighted by Crippen LogP contribution is 2.23. The van der Waals surface area contributed by atoms with Crippen LogP contribution in [0.4, 0.5) is 11.6 Å². The number of methoxy groups -OCH3 is 2. The number of hydrogen-bond donors (Lipinski definition) is 1. The molecule has 1 aromatic heterocycles. The summed E-state index contributed by atoms with van der Waals surface area (Å²) in [6, 6.07) is 0.221. The van der Waals surface area contributed by atoms with E-state index in [1.165, 1.54) is 0 Å². The predicted molar refractivity (Wildman–Crippen MR) is 81.5 cm³/mol. The van der Waals surface area contributed by atoms with E-state index in [0.717, 1.165) is 30.3 Å². The highest BCUT2D eigenvalue weighted by molar-refractivity contribution is 5.58. The Morgan fingerprint density at radius 1 is 1.30 bits per heavy atom. The van der Waals surface area contributed by atoms with E-state index in [0.29, 0.717) is 13.2 Å². The van der Waals surface area contributed by atoms with Crippen molar-refractivity contribution in [2.45, 2.75) is 26.8 Å². The summed E-state index contributed by atoms with van der Waals surface area (Å²) < 4.78 is 10.5. The van der Waals surface area contributed by atoms with Gasteiger partial charge in [0.05, 0.1) is 19.3 Å². The number of nitrogens with zero attached hydrogens (tertiary/aromatic N) is 3. The minimum Gasteiger partial charge on any atom is -0.383 e. The normalized spacial score (nSPS) is 12.2. The minimum absolute atomic E-state index is 0.221. The van der Waals surface area contributed by atoms with Gasteiger partial charge in [-0.1, -0.05) is 0 Å². The lowest BCUT2D eigenvalue weighted by molar-refractivity contribution is 0.170. The van der Waals surface area contributed by atoms with E-state index < -0.39 is 0 Å². The molecule has 0 bridgehead atoms. The van der Waals surface area contributed by atoms with Gasteiger partial charge < -0.3 is 19.7 Å². The molecule has 1 rings (SSSR count). The topological polar surface area (TPSA) is 59.5 Å². The zero-order valence-electron chi connectivity index (χ0n) is 13.1. The second-order valence-electron chi connectivity index (χ2n) is 4.69. The summed E-state index contributed by atoms with van der Waals surface area (Å²) in [6.07, 6.45) is 1.60. The van der Waals surface area contributed by atoms with Gasteiger partial charge in [-0.3, -0.25) is 0 Å². The third-order valence-corrected chi connectivity index (χ3v) is 3.15. The van der Waals surface area contributed by atoms with Crippen molar-refractivity contribution >= 4 is 11.6 Å². The first-order valence-electron chi connectivity index (χ1n) is 6.95. The van der Waals surface area contributed by atoms with Crippen molar-refractivity contribution in [3.63, 3.8) is 0 Å². The van der Waals surface area contributed by atoms with Gasteiger partial charge in [0, 0.05) is 32.9 Å². The van der Waals surface area contributed by atoms with Gasteiger partial charge in [0.25, 0.3) is 0 Å². The van der Waals surface area contributed by atoms with Crippen molar-refractivity contribution in [1.82, 2.24) is 9.97 Å². The smallest absolute Gasteiger partial charge is 0.137 e. The molecule has 0 amide bonds. The Labute approximate surface area is 121 Å². The van der Waals surface area contributed by atoms with Crippen LogP contribution in [-0.2, 0) is 9.47 Å². The van der Waals surface area contributed by atoms with Gasteiger partial charge in [0.2, 0.25) is 0 Å². The molecule has 0 aliphatic heterocycles. The van der Waals surface area contributed by atoms with Gasteiger partial charge in [-0.2, -0.15) is 0 Å². The lowest BCUT2D eigenvalue weighted by Crippen LogP contribution is -2.39. The lowest BCUT2D eigenvalue weighted by atomic mass is 10.2. The maximum absolute atomic E-state index is 5.26. The molecular formula is C14H26N4O2. The molecule has 1 atom stereocenters. The fourth-order valence-corrected chi connectivity index (χ4v) is 2.13. The molecule has 6 heteroatoms. The fraction of sp³-hybridized carbons (Fsp3) is 0.714. The standard InChI is InChI=1S/C14H26N4O2/c1-6-15-13-12(3)14(17-10-16-13)18(7-8-19-4)11(2)9-20-5/h10-11H,6-9H2,1-5H3,(H,15,16,17). The van der Waals surface area contributed by atoms with Gasteiger partial charge in [-0.15, -0.1) is 0 Å². The van der Waals surface area contributed by atoms with Crippen LogP contribution in [0.25, 0.3) is 0 Å². The first kappa shape index (κ1) is 16.7. The molecule has 0 saturated carbocycles. The molecule has 1 N–H and O–H groups in total. The van der Waals surface area contributed by atoms with E-state index in [-0.39, 0.29) is 6.04 Å². The predicted octanol–water partition coefficient (Wildman–Crippen LogP) is 1.70. The second kappa shape index (κ2) is 8.71. The monoisotopic (exact) mass is 282 g/mol. The van der Waals surface area contributed by atoms with Crippen LogP contribution >= 0.6 is 0 Å². The lowest BCUT2D eigenvalue weighted by Gasteiger charge is -2.31. The zero-order chi connectivity index (χ0) is 15.0. The third-order valence-electron chi connectivity index (χ3n) is 3.15. The van der Waals surface area contributed by atoms with Gasteiger partial charge >= 0.3 is 0 Å². The Kier molecular flexibility index (Phi) is 7.25. The molecule has 6 nitrogen and oxygen atoms in total. The van der Waals surface area contributed by atoms with Crippen LogP contribution in [0.2, 0.25) is 0 Å². The van der Waals surface area contributed by atoms with Crippen molar-refractivity contribution < 1.29 is 9.47 Å². The largest absolute Gasteiger partial charge is 0.383 e. The van der Waals surface area contributed by atoms with Gasteiger partial charge in [-0.25, -0.2) is 9.97 Å². The summed E-state index contributed by atoms with van der Waals surface area (Å²) in [7, 11) is 3.41. The SMILES string of the molecule is CCNc1ncnc(N(CCOC)C(C)COC)c1C. The average Bonchev–Trinajstić information content (AvgIpc) is 2.43. The zero-order valence-corrected chi connectivity index (χ0v) is 13.1. The van der Waals surface area contributed by atoms with Crippen LogP contribution in [0.15, 0.2) is 6.33 Å². The highest BCUT2D eigenvalue weighted by Gasteiger charge is 2.19. The van der Waals surface area contributed by atoms with Crippen molar-refractivity contribution in [2.75, 3.05) is 50.7 Å². The molecular weight excluding hydrogens is 256 g/mol. The van der Waals surface area contributed by atoms with Crippen molar-refractivity contribution in [1.29, 1.82) is 0 Å². The molecule has 0 radical (unpaired) electrons. The Balaban J connectivity index is 3.02. The number of hydrogen-bond acceptors (Lipinski definition) is 6. The van der Waals surface area contributed by atoms with Gasteiger partial charge in [-0.05, 0) is 20.8 Å². The average molecular weight is 282 g/mol. The number of nitrogens with one attached hydrogen (secondary N) is 1. The highest BCUT2D eigenvalue weighted by atomic mass is 16.5. The molecule has 1 heterocycles. The van der Waals surface area contributed by atoms with Crippen LogP contribution in [0.5, 0.6) is 0 Å². The van der Waals surface area contributed by atoms with E-state index in [9.17, 15) is 0 Å². The number of rotatable bonds is 9. The Bertz CT molecular complexity index is 401. The molecule has 20 heavy (non-hydrogen) atoms. The minimum atomic E-state index is 0.221. The van der Waals surface area contributed by atoms with E-state index in [1.54, 1.807) is 20.5 Å². The molecule has 1 unspecified atom stereocenters. The maximum Gasteiger partial charge on any atom is 0.137 e. The summed E-state index contributed by atoms with van der Waals surface area (Å²) in [5.74, 6) is 1.81. The molecule has 0 saturated heterocycles. The maximum atomic E-state index is 5.26. The van der Waals surface area contributed by atoms with E-state index in [2.05, 4.69) is 34.0 Å². The van der Waals surface area contributed by atoms with E-state index >= 15 is 0 Å². The van der Waals surface area contributed by atoms with Gasteiger partial charge in [0.1, 0.15) is 18.0 Å². The fourth-order valence-electron chi connectivity index (χ4n) is 2.13. The summed E-state index contributed by atoms with van der Waals surface area (Å²) in [6.45, 7) is 9.10. The van der Waals surface area contributed by atoms with Crippen molar-refractivity contribution in [3.8, 4) is 0 Å². The van der Waals surface area contributed by atoms with Crippen LogP contribution in [0, 0.1) is 6.92 Å². The first-order valence-corrected chi connectivity index (χ1v) is 6.95. The van der Waals surface area contributed by atoms with E-state index in [1.807, 2.05) is 6.92 Å². The quantitative estimate of drug-likeness (QED) is 0.744. The van der Waals surface area contributed by atoms with Crippen LogP contribution in [0.1, 0.15) is 19.4 Å². The molecule has 0 aliphatic rings. The Hall–Kier alpha value is -1.40. The van der Waals surface area contributed by atoms with Crippen LogP contribution in [-0.4, -0.2) is 56.5 Å². The van der Waals surface area contributed by atoms with E-state index in [4.69, 9.17) is 9.47 Å². The number of aromatic nitrogens is 2. The summed E-state index contributed by atoms with van der Waals surface area (Å²) in [4.78, 5) is 10.9. The first-order chi connectivity index (χ1) is 9.65. The Morgan fingerprint density at radius 2 is 2.05 bits per heavy atom. The van der Waals surface area contributed by atoms with Crippen molar-refractivity contribution in [3.05, 3.63) is 11.9 Å². The molecule has 1 aromatic rings. The number of anilines is 2. The third kappa shape index (κ3) is 4.31. The number of ether oxygens (including phenoxy) is 2. The summed E-state index contributed by atoms with van der Waals surface area (Å²) >= 11 is 0. The molecule has 114 valence electrons. The van der Waals surface area contributed by atoms with Gasteiger partial charge in [0.15, 0.2) is 0 Å². The van der Waals surface area contributed by atoms with Crippen LogP contribution < -0.4 is 10.2 Å². The summed E-state index contributed by atoms with van der Waals surface area (Å²) in [5.41, 5.74) is 1.05. The molecule has 0 aliphatic carbocycles. The van der Waals surface area contributed by atoms with Crippen LogP contribution in [0.3, 0.4) is 0 Å².